The Balaban J connectivity index is 1.41. The van der Waals surface area contributed by atoms with Gasteiger partial charge in [0.15, 0.2) is 18.1 Å². The molecule has 0 fully saturated rings. The summed E-state index contributed by atoms with van der Waals surface area (Å²) in [6, 6.07) is 13.0. The smallest absolute Gasteiger partial charge is 0.359 e. The molecule has 0 saturated heterocycles. The van der Waals surface area contributed by atoms with Crippen molar-refractivity contribution >= 4 is 34.7 Å². The zero-order chi connectivity index (χ0) is 24.9. The summed E-state index contributed by atoms with van der Waals surface area (Å²) in [5.74, 6) is 0.104. The van der Waals surface area contributed by atoms with E-state index < -0.39 is 24.0 Å². The van der Waals surface area contributed by atoms with Gasteiger partial charge in [0.2, 0.25) is 0 Å². The van der Waals surface area contributed by atoms with Crippen LogP contribution in [0.15, 0.2) is 59.5 Å². The molecule has 0 aliphatic carbocycles. The summed E-state index contributed by atoms with van der Waals surface area (Å²) in [4.78, 5) is 39.4. The number of esters is 1. The third-order valence-corrected chi connectivity index (χ3v) is 4.95. The molecule has 180 valence electrons. The van der Waals surface area contributed by atoms with E-state index in [-0.39, 0.29) is 11.2 Å². The quantitative estimate of drug-likeness (QED) is 0.354. The Hall–Kier alpha value is -4.31. The molecule has 2 aromatic carbocycles. The zero-order valence-electron chi connectivity index (χ0n) is 18.8. The number of carbonyl (C=O) groups excluding carboxylic acids is 2. The van der Waals surface area contributed by atoms with Gasteiger partial charge in [-0.1, -0.05) is 11.6 Å². The number of nitrogens with zero attached hydrogens (tertiary/aromatic N) is 2. The van der Waals surface area contributed by atoms with Crippen LogP contribution in [0.5, 0.6) is 17.2 Å². The third kappa shape index (κ3) is 5.79. The highest BCUT2D eigenvalue weighted by molar-refractivity contribution is 6.31. The van der Waals surface area contributed by atoms with E-state index in [0.717, 1.165) is 0 Å². The molecular formula is C24H21ClN4O6. The van der Waals surface area contributed by atoms with Crippen molar-refractivity contribution in [2.24, 2.45) is 0 Å². The van der Waals surface area contributed by atoms with E-state index >= 15 is 0 Å². The van der Waals surface area contributed by atoms with E-state index in [0.29, 0.717) is 40.3 Å². The molecule has 0 unspecified atom stereocenters. The first-order valence-corrected chi connectivity index (χ1v) is 11.0. The molecule has 2 N–H and O–H groups in total. The average molecular weight is 497 g/mol. The van der Waals surface area contributed by atoms with Crippen LogP contribution in [0.3, 0.4) is 0 Å². The second-order valence-electron chi connectivity index (χ2n) is 7.40. The highest BCUT2D eigenvalue weighted by Crippen LogP contribution is 2.32. The highest BCUT2D eigenvalue weighted by atomic mass is 35.5. The summed E-state index contributed by atoms with van der Waals surface area (Å²) in [6.45, 7) is 3.54. The lowest BCUT2D eigenvalue weighted by Crippen LogP contribution is -2.21. The van der Waals surface area contributed by atoms with Crippen molar-refractivity contribution in [3.63, 3.8) is 0 Å². The van der Waals surface area contributed by atoms with Gasteiger partial charge in [-0.2, -0.15) is 5.10 Å². The maximum Gasteiger partial charge on any atom is 0.359 e. The van der Waals surface area contributed by atoms with Crippen LogP contribution in [0.2, 0.25) is 5.02 Å². The van der Waals surface area contributed by atoms with Crippen LogP contribution in [0.1, 0.15) is 23.1 Å². The van der Waals surface area contributed by atoms with Crippen molar-refractivity contribution in [1.29, 1.82) is 0 Å². The Morgan fingerprint density at radius 1 is 1.11 bits per heavy atom. The molecule has 1 amide bonds. The molecule has 0 saturated carbocycles. The minimum Gasteiger partial charge on any atom is -0.494 e. The number of aromatic amines is 1. The van der Waals surface area contributed by atoms with E-state index in [4.69, 9.17) is 25.8 Å². The van der Waals surface area contributed by atoms with E-state index in [1.165, 1.54) is 16.6 Å². The second-order valence-corrected chi connectivity index (χ2v) is 7.83. The van der Waals surface area contributed by atoms with Crippen molar-refractivity contribution in [1.82, 2.24) is 14.6 Å². The molecule has 2 heterocycles. The van der Waals surface area contributed by atoms with Gasteiger partial charge in [-0.3, -0.25) is 9.59 Å². The van der Waals surface area contributed by atoms with Gasteiger partial charge in [0.1, 0.15) is 17.0 Å². The molecular weight excluding hydrogens is 476 g/mol. The molecule has 4 aromatic rings. The fourth-order valence-electron chi connectivity index (χ4n) is 3.20. The van der Waals surface area contributed by atoms with E-state index in [9.17, 15) is 14.4 Å². The molecule has 2 aromatic heterocycles. The number of fused-ring (bicyclic) bond motifs is 1. The summed E-state index contributed by atoms with van der Waals surface area (Å²) in [7, 11) is 0. The highest BCUT2D eigenvalue weighted by Gasteiger charge is 2.17. The minimum absolute atomic E-state index is 0.101. The Morgan fingerprint density at radius 2 is 1.86 bits per heavy atom. The number of nitrogens with one attached hydrogen (secondary N) is 2. The van der Waals surface area contributed by atoms with Gasteiger partial charge in [-0.25, -0.2) is 9.31 Å². The van der Waals surface area contributed by atoms with Crippen molar-refractivity contribution < 1.29 is 23.8 Å². The van der Waals surface area contributed by atoms with Crippen molar-refractivity contribution in [2.75, 3.05) is 18.5 Å². The fourth-order valence-corrected chi connectivity index (χ4v) is 3.37. The normalized spacial score (nSPS) is 10.7. The number of aromatic nitrogens is 3. The predicted octanol–water partition coefficient (Wildman–Crippen LogP) is 3.97. The first-order valence-electron chi connectivity index (χ1n) is 10.6. The monoisotopic (exact) mass is 496 g/mol. The van der Waals surface area contributed by atoms with Crippen LogP contribution in [0, 0.1) is 6.92 Å². The molecule has 0 aliphatic rings. The standard InChI is InChI=1S/C24H21ClN4O6/c1-3-33-16-5-7-17(8-6-16)35-21-9-4-15(25)10-18(21)27-22(30)13-34-24(32)19-11-20-23(31)26-14(2)12-29(20)28-19/h4-12H,3,13H2,1-2H3,(H,26,31)(H,27,30). The molecule has 11 heteroatoms. The number of hydrogen-bond donors (Lipinski definition) is 2. The Kier molecular flexibility index (Phi) is 7.02. The van der Waals surface area contributed by atoms with Gasteiger partial charge < -0.3 is 24.5 Å². The first kappa shape index (κ1) is 23.8. The molecule has 35 heavy (non-hydrogen) atoms. The Labute approximate surface area is 204 Å². The van der Waals surface area contributed by atoms with Crippen molar-refractivity contribution in [3.8, 4) is 17.2 Å². The second kappa shape index (κ2) is 10.3. The lowest BCUT2D eigenvalue weighted by Gasteiger charge is -2.13. The van der Waals surface area contributed by atoms with E-state index in [1.807, 2.05) is 6.92 Å². The van der Waals surface area contributed by atoms with Gasteiger partial charge in [-0.15, -0.1) is 0 Å². The fraction of sp³-hybridized carbons (Fsp3) is 0.167. The predicted molar refractivity (Wildman–Crippen MR) is 129 cm³/mol. The molecule has 0 aliphatic heterocycles. The minimum atomic E-state index is -0.849. The maximum absolute atomic E-state index is 12.5. The van der Waals surface area contributed by atoms with E-state index in [1.54, 1.807) is 49.5 Å². The zero-order valence-corrected chi connectivity index (χ0v) is 19.6. The Bertz CT molecular complexity index is 1440. The lowest BCUT2D eigenvalue weighted by molar-refractivity contribution is -0.119. The van der Waals surface area contributed by atoms with Crippen LogP contribution in [-0.4, -0.2) is 39.7 Å². The van der Waals surface area contributed by atoms with Crippen LogP contribution in [0.25, 0.3) is 5.52 Å². The number of rotatable bonds is 8. The number of ether oxygens (including phenoxy) is 3. The number of amides is 1. The number of H-pyrrole nitrogens is 1. The number of benzene rings is 2. The summed E-state index contributed by atoms with van der Waals surface area (Å²) < 4.78 is 17.6. The summed E-state index contributed by atoms with van der Waals surface area (Å²) in [5, 5.41) is 7.03. The SMILES string of the molecule is CCOc1ccc(Oc2ccc(Cl)cc2NC(=O)COC(=O)c2cc3c(=O)[nH]c(C)cn3n2)cc1. The Morgan fingerprint density at radius 3 is 2.60 bits per heavy atom. The molecule has 0 atom stereocenters. The van der Waals surface area contributed by atoms with Gasteiger partial charge >= 0.3 is 5.97 Å². The molecule has 0 spiro atoms. The van der Waals surface area contributed by atoms with Crippen LogP contribution in [-0.2, 0) is 9.53 Å². The van der Waals surface area contributed by atoms with Crippen molar-refractivity contribution in [3.05, 3.63) is 81.5 Å². The molecule has 10 nitrogen and oxygen atoms in total. The maximum atomic E-state index is 12.5. The van der Waals surface area contributed by atoms with Gasteiger partial charge in [-0.05, 0) is 56.3 Å². The van der Waals surface area contributed by atoms with Gasteiger partial charge in [0.05, 0.1) is 12.3 Å². The topological polar surface area (TPSA) is 124 Å². The third-order valence-electron chi connectivity index (χ3n) is 4.72. The van der Waals surface area contributed by atoms with Crippen LogP contribution < -0.4 is 20.3 Å². The van der Waals surface area contributed by atoms with Crippen LogP contribution >= 0.6 is 11.6 Å². The lowest BCUT2D eigenvalue weighted by atomic mass is 10.2. The summed E-state index contributed by atoms with van der Waals surface area (Å²) in [5.41, 5.74) is 0.561. The number of aryl methyl sites for hydroxylation is 1. The summed E-state index contributed by atoms with van der Waals surface area (Å²) in [6.07, 6.45) is 1.56. The molecule has 0 bridgehead atoms. The van der Waals surface area contributed by atoms with Crippen molar-refractivity contribution in [2.45, 2.75) is 13.8 Å². The van der Waals surface area contributed by atoms with E-state index in [2.05, 4.69) is 15.4 Å². The number of anilines is 1. The molecule has 4 rings (SSSR count). The number of halogens is 1. The largest absolute Gasteiger partial charge is 0.494 e. The van der Waals surface area contributed by atoms with Gasteiger partial charge in [0.25, 0.3) is 11.5 Å². The summed E-state index contributed by atoms with van der Waals surface area (Å²) >= 11 is 6.08. The number of carbonyl (C=O) groups is 2. The van der Waals surface area contributed by atoms with Gasteiger partial charge in [0, 0.05) is 23.0 Å². The molecule has 0 radical (unpaired) electrons. The van der Waals surface area contributed by atoms with Crippen LogP contribution in [0.4, 0.5) is 5.69 Å². The first-order chi connectivity index (χ1) is 16.8. The average Bonchev–Trinajstić information content (AvgIpc) is 3.25. The number of hydrogen-bond acceptors (Lipinski definition) is 7.